The molecule has 2 aromatic carbocycles. The van der Waals surface area contributed by atoms with Crippen LogP contribution >= 0.6 is 0 Å². The third-order valence-electron chi connectivity index (χ3n) is 4.66. The van der Waals surface area contributed by atoms with Crippen LogP contribution in [0.4, 0.5) is 10.1 Å². The van der Waals surface area contributed by atoms with E-state index in [1.54, 1.807) is 19.2 Å². The van der Waals surface area contributed by atoms with E-state index in [-0.39, 0.29) is 11.6 Å². The smallest absolute Gasteiger partial charge is 0.162 e. The second kappa shape index (κ2) is 9.27. The molecule has 0 aliphatic heterocycles. The maximum atomic E-state index is 13.7. The van der Waals surface area contributed by atoms with Gasteiger partial charge in [0.15, 0.2) is 5.78 Å². The van der Waals surface area contributed by atoms with Crippen LogP contribution in [0.1, 0.15) is 54.2 Å². The summed E-state index contributed by atoms with van der Waals surface area (Å²) in [5.41, 5.74) is 6.19. The number of aliphatic imine (C=N–C) groups is 1. The maximum Gasteiger partial charge on any atom is 0.162 e. The van der Waals surface area contributed by atoms with Gasteiger partial charge in [-0.2, -0.15) is 0 Å². The Morgan fingerprint density at radius 3 is 2.46 bits per heavy atom. The Morgan fingerprint density at radius 2 is 1.86 bits per heavy atom. The summed E-state index contributed by atoms with van der Waals surface area (Å²) in [5.74, 6) is -0.0915. The average molecular weight is 378 g/mol. The zero-order chi connectivity index (χ0) is 20.8. The lowest BCUT2D eigenvalue weighted by atomic mass is 10.0. The molecule has 2 aromatic rings. The number of benzene rings is 2. The number of halogens is 1. The molecule has 0 aromatic heterocycles. The molecule has 0 aliphatic carbocycles. The number of rotatable bonds is 7. The van der Waals surface area contributed by atoms with Crippen molar-refractivity contribution in [2.45, 2.75) is 41.0 Å². The van der Waals surface area contributed by atoms with Crippen LogP contribution in [0.2, 0.25) is 0 Å². The van der Waals surface area contributed by atoms with Crippen LogP contribution in [0, 0.1) is 19.7 Å². The number of nitrogens with zero attached hydrogens (tertiary/aromatic N) is 1. The van der Waals surface area contributed by atoms with E-state index < -0.39 is 0 Å². The van der Waals surface area contributed by atoms with E-state index >= 15 is 0 Å². The van der Waals surface area contributed by atoms with E-state index in [1.165, 1.54) is 6.07 Å². The molecule has 1 N–H and O–H groups in total. The lowest BCUT2D eigenvalue weighted by Crippen LogP contribution is -2.08. The fourth-order valence-electron chi connectivity index (χ4n) is 2.69. The Morgan fingerprint density at radius 1 is 1.14 bits per heavy atom. The second-order valence-corrected chi connectivity index (χ2v) is 6.90. The lowest BCUT2D eigenvalue weighted by Gasteiger charge is -2.11. The number of hydrogen-bond donors (Lipinski definition) is 1. The topological polar surface area (TPSA) is 41.5 Å². The summed E-state index contributed by atoms with van der Waals surface area (Å²) >= 11 is 0. The fourth-order valence-corrected chi connectivity index (χ4v) is 2.69. The summed E-state index contributed by atoms with van der Waals surface area (Å²) in [4.78, 5) is 16.3. The first kappa shape index (κ1) is 21.3. The lowest BCUT2D eigenvalue weighted by molar-refractivity contribution is 0.0987. The van der Waals surface area contributed by atoms with Crippen molar-refractivity contribution < 1.29 is 9.18 Å². The fraction of sp³-hybridized carbons (Fsp3) is 0.250. The number of aryl methyl sites for hydroxylation is 2. The van der Waals surface area contributed by atoms with Crippen LogP contribution in [0.25, 0.3) is 5.57 Å². The largest absolute Gasteiger partial charge is 0.355 e. The SMILES string of the molecule is C=C(Nc1ccc(C(=O)CC)c(C)c1)/C(C)=N/C=C(\C)c1ccc(C)c(F)c1. The van der Waals surface area contributed by atoms with Gasteiger partial charge in [0.25, 0.3) is 0 Å². The maximum absolute atomic E-state index is 13.7. The van der Waals surface area contributed by atoms with Crippen LogP contribution in [-0.2, 0) is 0 Å². The molecule has 28 heavy (non-hydrogen) atoms. The molecule has 0 unspecified atom stereocenters. The van der Waals surface area contributed by atoms with Gasteiger partial charge in [0.2, 0.25) is 0 Å². The highest BCUT2D eigenvalue weighted by atomic mass is 19.1. The molecule has 146 valence electrons. The first-order chi connectivity index (χ1) is 13.2. The third-order valence-corrected chi connectivity index (χ3v) is 4.66. The molecule has 0 spiro atoms. The molecule has 2 rings (SSSR count). The standard InChI is InChI=1S/C24H27FN2O/c1-7-24(28)22-11-10-21(12-16(22)3)27-19(6)18(5)26-14-17(4)20-9-8-15(2)23(25)13-20/h8-14,27H,6-7H2,1-5H3/b17-14+,26-18+. The van der Waals surface area contributed by atoms with Gasteiger partial charge in [0.1, 0.15) is 5.82 Å². The highest BCUT2D eigenvalue weighted by Crippen LogP contribution is 2.19. The molecule has 3 nitrogen and oxygen atoms in total. The first-order valence-corrected chi connectivity index (χ1v) is 9.30. The van der Waals surface area contributed by atoms with Gasteiger partial charge in [-0.3, -0.25) is 9.79 Å². The van der Waals surface area contributed by atoms with Gasteiger partial charge in [-0.05, 0) is 74.2 Å². The minimum absolute atomic E-state index is 0.133. The number of allylic oxidation sites excluding steroid dienone is 2. The van der Waals surface area contributed by atoms with Gasteiger partial charge in [-0.25, -0.2) is 4.39 Å². The van der Waals surface area contributed by atoms with Crippen LogP contribution in [0.5, 0.6) is 0 Å². The Hall–Kier alpha value is -3.01. The molecule has 0 saturated heterocycles. The number of anilines is 1. The molecule has 0 aliphatic rings. The molecule has 0 radical (unpaired) electrons. The van der Waals surface area contributed by atoms with E-state index in [2.05, 4.69) is 16.9 Å². The van der Waals surface area contributed by atoms with E-state index in [0.717, 1.165) is 33.7 Å². The number of ketones is 1. The Labute approximate surface area is 166 Å². The van der Waals surface area contributed by atoms with Gasteiger partial charge < -0.3 is 5.32 Å². The van der Waals surface area contributed by atoms with Gasteiger partial charge in [0, 0.05) is 23.9 Å². The average Bonchev–Trinajstić information content (AvgIpc) is 2.67. The summed E-state index contributed by atoms with van der Waals surface area (Å²) in [6.45, 7) is 13.3. The van der Waals surface area contributed by atoms with E-state index in [0.29, 0.717) is 17.7 Å². The van der Waals surface area contributed by atoms with E-state index in [4.69, 9.17) is 0 Å². The van der Waals surface area contributed by atoms with E-state index in [1.807, 2.05) is 52.0 Å². The monoisotopic (exact) mass is 378 g/mol. The number of carbonyl (C=O) groups is 1. The highest BCUT2D eigenvalue weighted by Gasteiger charge is 2.08. The second-order valence-electron chi connectivity index (χ2n) is 6.90. The minimum atomic E-state index is -0.225. The zero-order valence-electron chi connectivity index (χ0n) is 17.2. The summed E-state index contributed by atoms with van der Waals surface area (Å²) in [6, 6.07) is 10.8. The molecular formula is C24H27FN2O. The quantitative estimate of drug-likeness (QED) is 0.442. The molecule has 0 saturated carbocycles. The zero-order valence-corrected chi connectivity index (χ0v) is 17.2. The summed E-state index contributed by atoms with van der Waals surface area (Å²) in [7, 11) is 0. The molecule has 4 heteroatoms. The van der Waals surface area contributed by atoms with Crippen LogP contribution in [-0.4, -0.2) is 11.5 Å². The van der Waals surface area contributed by atoms with Crippen molar-refractivity contribution in [2.24, 2.45) is 4.99 Å². The van der Waals surface area contributed by atoms with E-state index in [9.17, 15) is 9.18 Å². The first-order valence-electron chi connectivity index (χ1n) is 9.30. The molecule has 0 bridgehead atoms. The Kier molecular flexibility index (Phi) is 7.05. The van der Waals surface area contributed by atoms with Crippen LogP contribution < -0.4 is 5.32 Å². The van der Waals surface area contributed by atoms with Crippen molar-refractivity contribution in [1.29, 1.82) is 0 Å². The highest BCUT2D eigenvalue weighted by molar-refractivity contribution is 6.01. The molecule has 0 amide bonds. The minimum Gasteiger partial charge on any atom is -0.355 e. The van der Waals surface area contributed by atoms with Crippen LogP contribution in [0.15, 0.2) is 59.9 Å². The van der Waals surface area contributed by atoms with Gasteiger partial charge in [-0.1, -0.05) is 25.6 Å². The van der Waals surface area contributed by atoms with Crippen LogP contribution in [0.3, 0.4) is 0 Å². The number of nitrogens with one attached hydrogen (secondary N) is 1. The van der Waals surface area contributed by atoms with Crippen molar-refractivity contribution in [3.05, 3.63) is 82.9 Å². The van der Waals surface area contributed by atoms with Gasteiger partial charge in [-0.15, -0.1) is 0 Å². The number of hydrogen-bond acceptors (Lipinski definition) is 3. The molecule has 0 atom stereocenters. The van der Waals surface area contributed by atoms with Gasteiger partial charge in [0.05, 0.1) is 11.4 Å². The molecular weight excluding hydrogens is 351 g/mol. The van der Waals surface area contributed by atoms with Crippen molar-refractivity contribution in [1.82, 2.24) is 0 Å². The summed E-state index contributed by atoms with van der Waals surface area (Å²) in [6.07, 6.45) is 2.20. The Balaban J connectivity index is 2.12. The third kappa shape index (κ3) is 5.26. The normalized spacial score (nSPS) is 12.1. The van der Waals surface area contributed by atoms with Crippen molar-refractivity contribution in [2.75, 3.05) is 5.32 Å². The predicted octanol–water partition coefficient (Wildman–Crippen LogP) is 6.48. The number of Topliss-reactive ketones (excluding diaryl/α,β-unsaturated/α-hetero) is 1. The summed E-state index contributed by atoms with van der Waals surface area (Å²) < 4.78 is 13.7. The van der Waals surface area contributed by atoms with Crippen molar-refractivity contribution >= 4 is 22.8 Å². The van der Waals surface area contributed by atoms with Crippen molar-refractivity contribution in [3.63, 3.8) is 0 Å². The Bertz CT molecular complexity index is 971. The summed E-state index contributed by atoms with van der Waals surface area (Å²) in [5, 5.41) is 3.22. The molecule has 0 heterocycles. The predicted molar refractivity (Wildman–Crippen MR) is 116 cm³/mol. The molecule has 0 fully saturated rings. The van der Waals surface area contributed by atoms with Crippen molar-refractivity contribution in [3.8, 4) is 0 Å². The number of carbonyl (C=O) groups excluding carboxylic acids is 1. The van der Waals surface area contributed by atoms with Gasteiger partial charge >= 0.3 is 0 Å².